The van der Waals surface area contributed by atoms with E-state index in [0.29, 0.717) is 6.54 Å². The number of rotatable bonds is 8. The zero-order chi connectivity index (χ0) is 28.5. The van der Waals surface area contributed by atoms with Crippen LogP contribution in [0.15, 0.2) is 18.3 Å². The third-order valence-corrected chi connectivity index (χ3v) is 8.71. The van der Waals surface area contributed by atoms with Gasteiger partial charge in [0, 0.05) is 45.2 Å². The molecule has 0 radical (unpaired) electrons. The first-order valence-electron chi connectivity index (χ1n) is 12.4. The number of halogens is 3. The Balaban J connectivity index is 1.65. The number of carbonyl (C=O) groups is 1. The summed E-state index contributed by atoms with van der Waals surface area (Å²) in [7, 11) is 1.58. The highest BCUT2D eigenvalue weighted by atomic mass is 32.2. The summed E-state index contributed by atoms with van der Waals surface area (Å²) in [5.74, 6) is -4.90. The molecule has 1 aromatic carbocycles. The molecule has 6 atom stereocenters. The SMILES string of the molecule is CCN(C)C(=O)C(S[C@@H]1O[C@H](CO)[C@H](O)[C@H](n2cc(-c3cc(F)c(F)c(F)c3)nn2)[C@H]1O)C1(O)CCOCC1. The molecule has 1 unspecified atom stereocenters. The van der Waals surface area contributed by atoms with Gasteiger partial charge in [0.1, 0.15) is 40.7 Å². The molecular formula is C24H31F3N4O7S. The van der Waals surface area contributed by atoms with E-state index in [0.717, 1.165) is 28.6 Å². The van der Waals surface area contributed by atoms with Crippen molar-refractivity contribution in [2.75, 3.05) is 33.4 Å². The maximum atomic E-state index is 13.8. The van der Waals surface area contributed by atoms with Gasteiger partial charge >= 0.3 is 0 Å². The highest BCUT2D eigenvalue weighted by molar-refractivity contribution is 8.01. The smallest absolute Gasteiger partial charge is 0.238 e. The molecule has 216 valence electrons. The molecule has 3 heterocycles. The van der Waals surface area contributed by atoms with E-state index in [1.54, 1.807) is 14.0 Å². The molecule has 0 bridgehead atoms. The molecule has 2 aliphatic rings. The second kappa shape index (κ2) is 12.1. The summed E-state index contributed by atoms with van der Waals surface area (Å²) in [5, 5.41) is 50.1. The fraction of sp³-hybridized carbons (Fsp3) is 0.625. The molecule has 1 aromatic heterocycles. The van der Waals surface area contributed by atoms with E-state index >= 15 is 0 Å². The molecule has 0 aliphatic carbocycles. The van der Waals surface area contributed by atoms with Crippen molar-refractivity contribution >= 4 is 17.7 Å². The zero-order valence-electron chi connectivity index (χ0n) is 21.3. The minimum absolute atomic E-state index is 0.0717. The number of carbonyl (C=O) groups excluding carboxylic acids is 1. The number of benzene rings is 1. The van der Waals surface area contributed by atoms with Crippen LogP contribution in [0, 0.1) is 17.5 Å². The van der Waals surface area contributed by atoms with Gasteiger partial charge in [0.05, 0.1) is 18.4 Å². The van der Waals surface area contributed by atoms with Crippen LogP contribution >= 0.6 is 11.8 Å². The molecule has 0 spiro atoms. The van der Waals surface area contributed by atoms with E-state index in [-0.39, 0.29) is 37.3 Å². The largest absolute Gasteiger partial charge is 0.394 e. The van der Waals surface area contributed by atoms with Gasteiger partial charge in [0.25, 0.3) is 0 Å². The van der Waals surface area contributed by atoms with E-state index in [4.69, 9.17) is 9.47 Å². The fourth-order valence-corrected chi connectivity index (χ4v) is 6.23. The Kier molecular flexibility index (Phi) is 9.20. The van der Waals surface area contributed by atoms with Crippen molar-refractivity contribution in [1.29, 1.82) is 0 Å². The summed E-state index contributed by atoms with van der Waals surface area (Å²) in [6.07, 6.45) is -2.71. The Hall–Kier alpha value is -2.27. The monoisotopic (exact) mass is 576 g/mol. The summed E-state index contributed by atoms with van der Waals surface area (Å²) in [6.45, 7) is 1.96. The standard InChI is InChI=1S/C24H31F3N4O7S/c1-3-30(2)22(35)21(24(36)4-6-37-7-5-24)39-23-20(34)18(19(33)16(11-32)38-23)31-10-15(28-29-31)12-8-13(25)17(27)14(26)9-12/h8-10,16,18-21,23,32-34,36H,3-7,11H2,1-2H3/t16-,18+,19+,20-,21?,23+/m1/s1. The van der Waals surface area contributed by atoms with Crippen molar-refractivity contribution in [2.45, 2.75) is 60.4 Å². The minimum atomic E-state index is -1.64. The molecule has 11 nitrogen and oxygen atoms in total. The lowest BCUT2D eigenvalue weighted by Crippen LogP contribution is -2.58. The van der Waals surface area contributed by atoms with Crippen LogP contribution in [0.1, 0.15) is 25.8 Å². The van der Waals surface area contributed by atoms with Crippen LogP contribution in [-0.4, -0.2) is 114 Å². The first-order chi connectivity index (χ1) is 18.5. The molecule has 1 amide bonds. The van der Waals surface area contributed by atoms with Crippen molar-refractivity contribution in [3.8, 4) is 11.3 Å². The van der Waals surface area contributed by atoms with Crippen LogP contribution < -0.4 is 0 Å². The molecule has 39 heavy (non-hydrogen) atoms. The predicted octanol–water partition coefficient (Wildman–Crippen LogP) is 0.464. The van der Waals surface area contributed by atoms with Crippen molar-refractivity contribution in [3.63, 3.8) is 0 Å². The number of hydrogen-bond donors (Lipinski definition) is 4. The van der Waals surface area contributed by atoms with Gasteiger partial charge in [-0.05, 0) is 19.1 Å². The Morgan fingerprint density at radius 1 is 1.23 bits per heavy atom. The second-order valence-corrected chi connectivity index (χ2v) is 10.8. The van der Waals surface area contributed by atoms with Gasteiger partial charge < -0.3 is 34.8 Å². The number of aromatic nitrogens is 3. The first kappa shape index (κ1) is 29.7. The fourth-order valence-electron chi connectivity index (χ4n) is 4.64. The van der Waals surface area contributed by atoms with Gasteiger partial charge in [-0.1, -0.05) is 5.21 Å². The Morgan fingerprint density at radius 2 is 1.87 bits per heavy atom. The van der Waals surface area contributed by atoms with Crippen LogP contribution in [0.5, 0.6) is 0 Å². The van der Waals surface area contributed by atoms with Crippen LogP contribution in [0.25, 0.3) is 11.3 Å². The summed E-state index contributed by atoms with van der Waals surface area (Å²) in [4.78, 5) is 14.7. The van der Waals surface area contributed by atoms with Crippen molar-refractivity contribution < 1.29 is 47.9 Å². The zero-order valence-corrected chi connectivity index (χ0v) is 22.1. The molecule has 0 saturated carbocycles. The maximum Gasteiger partial charge on any atom is 0.238 e. The lowest BCUT2D eigenvalue weighted by molar-refractivity contribution is -0.179. The normalized spacial score (nSPS) is 27.8. The maximum absolute atomic E-state index is 13.8. The average molecular weight is 577 g/mol. The second-order valence-electron chi connectivity index (χ2n) is 9.62. The van der Waals surface area contributed by atoms with Crippen molar-refractivity contribution in [3.05, 3.63) is 35.8 Å². The number of aliphatic hydroxyl groups is 4. The summed E-state index contributed by atoms with van der Waals surface area (Å²) in [5.41, 5.74) is -2.88. The third kappa shape index (κ3) is 5.94. The molecule has 4 rings (SSSR count). The number of hydrogen-bond acceptors (Lipinski definition) is 10. The number of thioether (sulfide) groups is 1. The topological polar surface area (TPSA) is 150 Å². The molecule has 2 saturated heterocycles. The Bertz CT molecular complexity index is 1150. The van der Waals surface area contributed by atoms with E-state index < -0.39 is 70.6 Å². The third-order valence-electron chi connectivity index (χ3n) is 7.14. The number of amides is 1. The van der Waals surface area contributed by atoms with Crippen LogP contribution in [0.3, 0.4) is 0 Å². The number of aliphatic hydroxyl groups excluding tert-OH is 3. The van der Waals surface area contributed by atoms with Crippen LogP contribution in [0.4, 0.5) is 13.2 Å². The Morgan fingerprint density at radius 3 is 2.46 bits per heavy atom. The van der Waals surface area contributed by atoms with Crippen molar-refractivity contribution in [1.82, 2.24) is 19.9 Å². The van der Waals surface area contributed by atoms with Gasteiger partial charge in [0.15, 0.2) is 17.5 Å². The van der Waals surface area contributed by atoms with E-state index in [1.165, 1.54) is 11.1 Å². The molecule has 15 heteroatoms. The van der Waals surface area contributed by atoms with Gasteiger partial charge in [0.2, 0.25) is 5.91 Å². The molecule has 4 N–H and O–H groups in total. The average Bonchev–Trinajstić information content (AvgIpc) is 3.40. The lowest BCUT2D eigenvalue weighted by atomic mass is 9.89. The molecule has 2 fully saturated rings. The van der Waals surface area contributed by atoms with Crippen molar-refractivity contribution in [2.24, 2.45) is 0 Å². The molecule has 2 aromatic rings. The summed E-state index contributed by atoms with van der Waals surface area (Å²) < 4.78 is 53.1. The highest BCUT2D eigenvalue weighted by Crippen LogP contribution is 2.42. The summed E-state index contributed by atoms with van der Waals surface area (Å²) in [6, 6.07) is 0.190. The van der Waals surface area contributed by atoms with E-state index in [1.807, 2.05) is 0 Å². The number of nitrogens with zero attached hydrogens (tertiary/aromatic N) is 4. The van der Waals surface area contributed by atoms with Gasteiger partial charge in [-0.2, -0.15) is 0 Å². The number of ether oxygens (including phenoxy) is 2. The molecular weight excluding hydrogens is 545 g/mol. The van der Waals surface area contributed by atoms with Gasteiger partial charge in [-0.15, -0.1) is 16.9 Å². The van der Waals surface area contributed by atoms with Gasteiger partial charge in [-0.3, -0.25) is 4.79 Å². The Labute approximate surface area is 226 Å². The quantitative estimate of drug-likeness (QED) is 0.327. The van der Waals surface area contributed by atoms with Crippen LogP contribution in [-0.2, 0) is 14.3 Å². The predicted molar refractivity (Wildman–Crippen MR) is 132 cm³/mol. The van der Waals surface area contributed by atoms with Gasteiger partial charge in [-0.25, -0.2) is 17.9 Å². The summed E-state index contributed by atoms with van der Waals surface area (Å²) >= 11 is 0.866. The van der Waals surface area contributed by atoms with E-state index in [9.17, 15) is 38.4 Å². The van der Waals surface area contributed by atoms with E-state index in [2.05, 4.69) is 10.3 Å². The molecule has 2 aliphatic heterocycles. The highest BCUT2D eigenvalue weighted by Gasteiger charge is 2.51. The lowest BCUT2D eigenvalue weighted by Gasteiger charge is -2.45. The minimum Gasteiger partial charge on any atom is -0.394 e. The first-order valence-corrected chi connectivity index (χ1v) is 13.3. The van der Waals surface area contributed by atoms with Crippen LogP contribution in [0.2, 0.25) is 0 Å².